The highest BCUT2D eigenvalue weighted by Gasteiger charge is 2.44. The fourth-order valence-electron chi connectivity index (χ4n) is 4.11. The Bertz CT molecular complexity index is 813. The molecule has 148 valence electrons. The van der Waals surface area contributed by atoms with Gasteiger partial charge in [-0.15, -0.1) is 13.2 Å². The minimum absolute atomic E-state index is 0.0338. The summed E-state index contributed by atoms with van der Waals surface area (Å²) < 4.78 is 46.7. The zero-order chi connectivity index (χ0) is 19.7. The van der Waals surface area contributed by atoms with Crippen molar-refractivity contribution in [3.05, 3.63) is 54.4 Å². The molecule has 2 aliphatic heterocycles. The van der Waals surface area contributed by atoms with Crippen LogP contribution < -0.4 is 9.47 Å². The summed E-state index contributed by atoms with van der Waals surface area (Å²) in [6.45, 7) is 0. The van der Waals surface area contributed by atoms with Gasteiger partial charge in [-0.05, 0) is 49.2 Å². The van der Waals surface area contributed by atoms with Crippen LogP contribution in [0.3, 0.4) is 0 Å². The Morgan fingerprint density at radius 2 is 1.57 bits per heavy atom. The normalized spacial score (nSPS) is 24.1. The van der Waals surface area contributed by atoms with E-state index in [-0.39, 0.29) is 29.8 Å². The van der Waals surface area contributed by atoms with Crippen molar-refractivity contribution >= 4 is 5.91 Å². The zero-order valence-corrected chi connectivity index (χ0v) is 14.9. The van der Waals surface area contributed by atoms with Crippen molar-refractivity contribution in [1.29, 1.82) is 0 Å². The Morgan fingerprint density at radius 1 is 0.964 bits per heavy atom. The average molecular weight is 392 g/mol. The quantitative estimate of drug-likeness (QED) is 0.783. The van der Waals surface area contributed by atoms with Crippen LogP contribution in [-0.4, -0.2) is 40.3 Å². The molecule has 1 amide bonds. The Morgan fingerprint density at radius 3 is 2.14 bits per heavy atom. The number of carbonyl (C=O) groups excluding carboxylic acids is 1. The van der Waals surface area contributed by atoms with Crippen LogP contribution in [0.25, 0.3) is 0 Å². The maximum absolute atomic E-state index is 12.9. The standard InChI is InChI=1S/C20H19F3N2O3/c21-20(22,23)28-17-5-1-13(2-6-17)19(26)25-14-3-4-15(25)12-18(11-14)27-16-7-9-24-10-8-16/h1-2,5-10,14-15,18H,3-4,11-12H2. The van der Waals surface area contributed by atoms with Gasteiger partial charge in [0.2, 0.25) is 0 Å². The van der Waals surface area contributed by atoms with E-state index < -0.39 is 6.36 Å². The largest absolute Gasteiger partial charge is 0.573 e. The van der Waals surface area contributed by atoms with Crippen LogP contribution in [0.2, 0.25) is 0 Å². The second kappa shape index (κ2) is 7.33. The molecular formula is C20H19F3N2O3. The molecule has 28 heavy (non-hydrogen) atoms. The van der Waals surface area contributed by atoms with Crippen molar-refractivity contribution in [3.8, 4) is 11.5 Å². The number of hydrogen-bond acceptors (Lipinski definition) is 4. The molecule has 0 N–H and O–H groups in total. The van der Waals surface area contributed by atoms with E-state index in [1.165, 1.54) is 24.3 Å². The van der Waals surface area contributed by atoms with Gasteiger partial charge in [0, 0.05) is 42.9 Å². The summed E-state index contributed by atoms with van der Waals surface area (Å²) in [5.41, 5.74) is 0.361. The molecule has 0 spiro atoms. The molecule has 2 aromatic rings. The number of carbonyl (C=O) groups is 1. The van der Waals surface area contributed by atoms with Gasteiger partial charge in [0.15, 0.2) is 0 Å². The van der Waals surface area contributed by atoms with E-state index >= 15 is 0 Å². The molecule has 2 saturated heterocycles. The third-order valence-electron chi connectivity index (χ3n) is 5.21. The number of ether oxygens (including phenoxy) is 2. The lowest BCUT2D eigenvalue weighted by molar-refractivity contribution is -0.274. The molecule has 0 aliphatic carbocycles. The summed E-state index contributed by atoms with van der Waals surface area (Å²) in [6, 6.07) is 8.86. The van der Waals surface area contributed by atoms with Gasteiger partial charge < -0.3 is 14.4 Å². The summed E-state index contributed by atoms with van der Waals surface area (Å²) in [7, 11) is 0. The molecular weight excluding hydrogens is 373 g/mol. The predicted molar refractivity (Wildman–Crippen MR) is 94.0 cm³/mol. The first-order chi connectivity index (χ1) is 13.4. The SMILES string of the molecule is O=C(c1ccc(OC(F)(F)F)cc1)N1C2CCC1CC(Oc1ccncc1)C2. The summed E-state index contributed by atoms with van der Waals surface area (Å²) in [5, 5.41) is 0. The fraction of sp³-hybridized carbons (Fsp3) is 0.400. The molecule has 0 saturated carbocycles. The molecule has 3 heterocycles. The van der Waals surface area contributed by atoms with Gasteiger partial charge in [0.1, 0.15) is 17.6 Å². The van der Waals surface area contributed by atoms with E-state index in [2.05, 4.69) is 9.72 Å². The van der Waals surface area contributed by atoms with Crippen LogP contribution in [0.4, 0.5) is 13.2 Å². The number of nitrogens with zero attached hydrogens (tertiary/aromatic N) is 2. The fourth-order valence-corrected chi connectivity index (χ4v) is 4.11. The van der Waals surface area contributed by atoms with Gasteiger partial charge in [-0.2, -0.15) is 0 Å². The highest BCUT2D eigenvalue weighted by molar-refractivity contribution is 5.95. The first-order valence-electron chi connectivity index (χ1n) is 9.14. The maximum Gasteiger partial charge on any atom is 0.573 e. The monoisotopic (exact) mass is 392 g/mol. The first-order valence-corrected chi connectivity index (χ1v) is 9.14. The van der Waals surface area contributed by atoms with Crippen molar-refractivity contribution in [2.24, 2.45) is 0 Å². The number of benzene rings is 1. The summed E-state index contributed by atoms with van der Waals surface area (Å²) in [5.74, 6) is 0.268. The molecule has 2 atom stereocenters. The molecule has 1 aromatic heterocycles. The Kier molecular flexibility index (Phi) is 4.87. The van der Waals surface area contributed by atoms with E-state index in [1.54, 1.807) is 12.4 Å². The molecule has 0 radical (unpaired) electrons. The Hall–Kier alpha value is -2.77. The summed E-state index contributed by atoms with van der Waals surface area (Å²) in [4.78, 5) is 18.8. The summed E-state index contributed by atoms with van der Waals surface area (Å²) in [6.07, 6.45) is 1.92. The topological polar surface area (TPSA) is 51.7 Å². The molecule has 5 nitrogen and oxygen atoms in total. The Labute approximate surface area is 160 Å². The van der Waals surface area contributed by atoms with Crippen molar-refractivity contribution in [2.45, 2.75) is 50.2 Å². The smallest absolute Gasteiger partial charge is 0.490 e. The molecule has 2 unspecified atom stereocenters. The van der Waals surface area contributed by atoms with Crippen LogP contribution in [0.5, 0.6) is 11.5 Å². The van der Waals surface area contributed by atoms with E-state index in [1.807, 2.05) is 17.0 Å². The van der Waals surface area contributed by atoms with Crippen LogP contribution in [0.1, 0.15) is 36.0 Å². The van der Waals surface area contributed by atoms with Gasteiger partial charge in [-0.1, -0.05) is 0 Å². The zero-order valence-electron chi connectivity index (χ0n) is 14.9. The van der Waals surface area contributed by atoms with Gasteiger partial charge in [0.05, 0.1) is 0 Å². The number of piperidine rings is 1. The second-order valence-electron chi connectivity index (χ2n) is 7.06. The van der Waals surface area contributed by atoms with E-state index in [9.17, 15) is 18.0 Å². The molecule has 1 aromatic carbocycles. The number of alkyl halides is 3. The highest BCUT2D eigenvalue weighted by Crippen LogP contribution is 2.38. The lowest BCUT2D eigenvalue weighted by Gasteiger charge is -2.39. The van der Waals surface area contributed by atoms with E-state index in [4.69, 9.17) is 4.74 Å². The lowest BCUT2D eigenvalue weighted by atomic mass is 9.98. The average Bonchev–Trinajstić information content (AvgIpc) is 2.92. The minimum Gasteiger partial charge on any atom is -0.490 e. The molecule has 2 aliphatic rings. The molecule has 2 fully saturated rings. The second-order valence-corrected chi connectivity index (χ2v) is 7.06. The number of pyridine rings is 1. The van der Waals surface area contributed by atoms with E-state index in [0.29, 0.717) is 5.56 Å². The van der Waals surface area contributed by atoms with Crippen LogP contribution >= 0.6 is 0 Å². The van der Waals surface area contributed by atoms with E-state index in [0.717, 1.165) is 31.4 Å². The van der Waals surface area contributed by atoms with Gasteiger partial charge in [0.25, 0.3) is 5.91 Å². The molecule has 2 bridgehead atoms. The molecule has 8 heteroatoms. The number of aromatic nitrogens is 1. The number of halogens is 3. The summed E-state index contributed by atoms with van der Waals surface area (Å²) >= 11 is 0. The first kappa shape index (κ1) is 18.6. The third-order valence-corrected chi connectivity index (χ3v) is 5.21. The lowest BCUT2D eigenvalue weighted by Crippen LogP contribution is -2.49. The van der Waals surface area contributed by atoms with Crippen molar-refractivity contribution < 1.29 is 27.4 Å². The van der Waals surface area contributed by atoms with Gasteiger partial charge >= 0.3 is 6.36 Å². The maximum atomic E-state index is 12.9. The van der Waals surface area contributed by atoms with Crippen molar-refractivity contribution in [1.82, 2.24) is 9.88 Å². The molecule has 4 rings (SSSR count). The Balaban J connectivity index is 1.42. The number of fused-ring (bicyclic) bond motifs is 2. The van der Waals surface area contributed by atoms with Crippen molar-refractivity contribution in [3.63, 3.8) is 0 Å². The van der Waals surface area contributed by atoms with Gasteiger partial charge in [-0.25, -0.2) is 0 Å². The number of amides is 1. The van der Waals surface area contributed by atoms with Crippen LogP contribution in [0.15, 0.2) is 48.8 Å². The number of rotatable bonds is 4. The predicted octanol–water partition coefficient (Wildman–Crippen LogP) is 4.19. The minimum atomic E-state index is -4.75. The van der Waals surface area contributed by atoms with Gasteiger partial charge in [-0.3, -0.25) is 9.78 Å². The number of hydrogen-bond donors (Lipinski definition) is 0. The third kappa shape index (κ3) is 4.05. The van der Waals surface area contributed by atoms with Crippen LogP contribution in [-0.2, 0) is 0 Å². The van der Waals surface area contributed by atoms with Crippen molar-refractivity contribution in [2.75, 3.05) is 0 Å². The van der Waals surface area contributed by atoms with Crippen LogP contribution in [0, 0.1) is 0 Å². The highest BCUT2D eigenvalue weighted by atomic mass is 19.4.